The number of benzene rings is 2. The fourth-order valence-electron chi connectivity index (χ4n) is 3.20. The number of phenolic OH excluding ortho intramolecular Hbond substituents is 2. The maximum atomic E-state index is 12.9. The van der Waals surface area contributed by atoms with Gasteiger partial charge in [0.05, 0.1) is 0 Å². The van der Waals surface area contributed by atoms with Crippen molar-refractivity contribution in [1.29, 1.82) is 0 Å². The van der Waals surface area contributed by atoms with Crippen LogP contribution in [0.3, 0.4) is 0 Å². The molecule has 2 aromatic carbocycles. The zero-order chi connectivity index (χ0) is 19.4. The zero-order valence-corrected chi connectivity index (χ0v) is 15.5. The highest BCUT2D eigenvalue weighted by atomic mass is 16.3. The summed E-state index contributed by atoms with van der Waals surface area (Å²) < 4.78 is 0. The molecule has 2 aromatic rings. The van der Waals surface area contributed by atoms with Crippen LogP contribution in [0.4, 0.5) is 11.4 Å². The number of rotatable bonds is 4. The molecule has 0 unspecified atom stereocenters. The molecule has 1 fully saturated rings. The highest BCUT2D eigenvalue weighted by Crippen LogP contribution is 2.32. The largest absolute Gasteiger partial charge is 0.507 e. The number of aromatic hydroxyl groups is 2. The molecule has 0 atom stereocenters. The molecule has 1 aliphatic carbocycles. The van der Waals surface area contributed by atoms with Gasteiger partial charge in [0.2, 0.25) is 0 Å². The quantitative estimate of drug-likeness (QED) is 0.605. The lowest BCUT2D eigenvalue weighted by molar-refractivity contribution is -0.112. The summed E-state index contributed by atoms with van der Waals surface area (Å²) in [6.45, 7) is 0. The number of allylic oxidation sites excluding steroid dienone is 2. The van der Waals surface area contributed by atoms with Crippen molar-refractivity contribution in [3.05, 3.63) is 58.7 Å². The highest BCUT2D eigenvalue weighted by molar-refractivity contribution is 6.14. The SMILES string of the molecule is CNc1ccc(/C=C2\CCC/C(=C\c3ccc(NC)cc3O)C2=O)c(O)c1. The second-order valence-electron chi connectivity index (χ2n) is 6.57. The van der Waals surface area contributed by atoms with Gasteiger partial charge in [-0.25, -0.2) is 0 Å². The van der Waals surface area contributed by atoms with Gasteiger partial charge in [-0.15, -0.1) is 0 Å². The fraction of sp³-hybridized carbons (Fsp3) is 0.227. The summed E-state index contributed by atoms with van der Waals surface area (Å²) in [5, 5.41) is 26.3. The van der Waals surface area contributed by atoms with E-state index in [-0.39, 0.29) is 17.3 Å². The molecule has 0 amide bonds. The average Bonchev–Trinajstić information content (AvgIpc) is 2.67. The third-order valence-electron chi connectivity index (χ3n) is 4.77. The summed E-state index contributed by atoms with van der Waals surface area (Å²) in [4.78, 5) is 12.9. The Bertz CT molecular complexity index is 856. The van der Waals surface area contributed by atoms with Crippen molar-refractivity contribution in [2.45, 2.75) is 19.3 Å². The van der Waals surface area contributed by atoms with Crippen molar-refractivity contribution in [3.8, 4) is 11.5 Å². The molecular weight excluding hydrogens is 340 g/mol. The lowest BCUT2D eigenvalue weighted by Gasteiger charge is -2.17. The number of Topliss-reactive ketones (excluding diaryl/α,β-unsaturated/α-hetero) is 1. The smallest absolute Gasteiger partial charge is 0.185 e. The molecule has 5 nitrogen and oxygen atoms in total. The van der Waals surface area contributed by atoms with E-state index in [9.17, 15) is 15.0 Å². The molecule has 0 heterocycles. The van der Waals surface area contributed by atoms with Gasteiger partial charge in [-0.1, -0.05) is 0 Å². The molecule has 0 bridgehead atoms. The first kappa shape index (κ1) is 18.6. The van der Waals surface area contributed by atoms with E-state index in [1.807, 2.05) is 12.1 Å². The van der Waals surface area contributed by atoms with E-state index in [2.05, 4.69) is 10.6 Å². The van der Waals surface area contributed by atoms with Crippen molar-refractivity contribution in [3.63, 3.8) is 0 Å². The number of carbonyl (C=O) groups excluding carboxylic acids is 1. The van der Waals surface area contributed by atoms with E-state index in [1.54, 1.807) is 50.5 Å². The van der Waals surface area contributed by atoms with E-state index < -0.39 is 0 Å². The van der Waals surface area contributed by atoms with Gasteiger partial charge in [0, 0.05) is 59.9 Å². The van der Waals surface area contributed by atoms with Crippen LogP contribution >= 0.6 is 0 Å². The Labute approximate surface area is 159 Å². The van der Waals surface area contributed by atoms with Crippen molar-refractivity contribution < 1.29 is 15.0 Å². The number of anilines is 2. The summed E-state index contributed by atoms with van der Waals surface area (Å²) >= 11 is 0. The van der Waals surface area contributed by atoms with Crippen molar-refractivity contribution >= 4 is 29.3 Å². The minimum absolute atomic E-state index is 0.0320. The first-order valence-corrected chi connectivity index (χ1v) is 8.99. The predicted molar refractivity (Wildman–Crippen MR) is 110 cm³/mol. The summed E-state index contributed by atoms with van der Waals surface area (Å²) in [7, 11) is 3.57. The molecule has 4 N–H and O–H groups in total. The summed E-state index contributed by atoms with van der Waals surface area (Å²) in [6.07, 6.45) is 5.72. The Hall–Kier alpha value is -3.21. The van der Waals surface area contributed by atoms with E-state index >= 15 is 0 Å². The second-order valence-corrected chi connectivity index (χ2v) is 6.57. The van der Waals surface area contributed by atoms with E-state index in [4.69, 9.17) is 0 Å². The van der Waals surface area contributed by atoms with Crippen LogP contribution in [0.1, 0.15) is 30.4 Å². The van der Waals surface area contributed by atoms with Gasteiger partial charge in [0.1, 0.15) is 11.5 Å². The monoisotopic (exact) mass is 364 g/mol. The maximum absolute atomic E-state index is 12.9. The van der Waals surface area contributed by atoms with Crippen molar-refractivity contribution in [2.24, 2.45) is 0 Å². The predicted octanol–water partition coefficient (Wildman–Crippen LogP) is 4.40. The molecule has 1 saturated carbocycles. The van der Waals surface area contributed by atoms with Crippen LogP contribution in [0.25, 0.3) is 12.2 Å². The number of hydrogen-bond acceptors (Lipinski definition) is 5. The maximum Gasteiger partial charge on any atom is 0.185 e. The Morgan fingerprint density at radius 1 is 0.815 bits per heavy atom. The van der Waals surface area contributed by atoms with Crippen LogP contribution in [0.15, 0.2) is 47.5 Å². The molecule has 5 heteroatoms. The minimum Gasteiger partial charge on any atom is -0.507 e. The zero-order valence-electron chi connectivity index (χ0n) is 15.5. The van der Waals surface area contributed by atoms with Crippen LogP contribution in [0.2, 0.25) is 0 Å². The van der Waals surface area contributed by atoms with Crippen LogP contribution in [0, 0.1) is 0 Å². The molecule has 1 aliphatic rings. The fourth-order valence-corrected chi connectivity index (χ4v) is 3.20. The van der Waals surface area contributed by atoms with E-state index in [0.717, 1.165) is 17.8 Å². The third kappa shape index (κ3) is 4.14. The number of hydrogen-bond donors (Lipinski definition) is 4. The second kappa shape index (κ2) is 7.99. The Balaban J connectivity index is 1.90. The molecular formula is C22H24N2O3. The van der Waals surface area contributed by atoms with E-state index in [0.29, 0.717) is 35.1 Å². The molecule has 27 heavy (non-hydrogen) atoms. The number of carbonyl (C=O) groups is 1. The molecule has 0 spiro atoms. The van der Waals surface area contributed by atoms with Crippen molar-refractivity contribution in [1.82, 2.24) is 0 Å². The molecule has 0 radical (unpaired) electrons. The average molecular weight is 364 g/mol. The highest BCUT2D eigenvalue weighted by Gasteiger charge is 2.21. The molecule has 0 aliphatic heterocycles. The van der Waals surface area contributed by atoms with Crippen LogP contribution < -0.4 is 10.6 Å². The lowest BCUT2D eigenvalue weighted by atomic mass is 9.86. The summed E-state index contributed by atoms with van der Waals surface area (Å²) in [6, 6.07) is 10.6. The normalized spacial score (nSPS) is 17.3. The van der Waals surface area contributed by atoms with E-state index in [1.165, 1.54) is 0 Å². The minimum atomic E-state index is -0.0320. The van der Waals surface area contributed by atoms with Gasteiger partial charge >= 0.3 is 0 Å². The molecule has 140 valence electrons. The number of nitrogens with one attached hydrogen (secondary N) is 2. The Morgan fingerprint density at radius 2 is 1.26 bits per heavy atom. The number of phenols is 2. The first-order chi connectivity index (χ1) is 13.0. The van der Waals surface area contributed by atoms with Gasteiger partial charge < -0.3 is 20.8 Å². The van der Waals surface area contributed by atoms with Gasteiger partial charge in [-0.05, 0) is 55.7 Å². The molecule has 3 rings (SSSR count). The molecule has 0 saturated heterocycles. The van der Waals surface area contributed by atoms with Crippen LogP contribution in [-0.4, -0.2) is 30.1 Å². The topological polar surface area (TPSA) is 81.6 Å². The van der Waals surface area contributed by atoms with Crippen molar-refractivity contribution in [2.75, 3.05) is 24.7 Å². The number of ketones is 1. The first-order valence-electron chi connectivity index (χ1n) is 8.99. The summed E-state index contributed by atoms with van der Waals surface area (Å²) in [5.74, 6) is 0.243. The Morgan fingerprint density at radius 3 is 1.63 bits per heavy atom. The van der Waals surface area contributed by atoms with Gasteiger partial charge in [0.25, 0.3) is 0 Å². The standard InChI is InChI=1S/C22H24N2O3/c1-23-18-8-6-14(20(25)12-18)10-16-4-3-5-17(22(16)27)11-15-7-9-19(24-2)13-21(15)26/h6-13,23-26H,3-5H2,1-2H3/b16-10+,17-11+. The van der Waals surface area contributed by atoms with Crippen LogP contribution in [0.5, 0.6) is 11.5 Å². The van der Waals surface area contributed by atoms with Crippen LogP contribution in [-0.2, 0) is 4.79 Å². The van der Waals surface area contributed by atoms with Gasteiger partial charge in [-0.3, -0.25) is 4.79 Å². The van der Waals surface area contributed by atoms with Gasteiger partial charge in [0.15, 0.2) is 5.78 Å². The van der Waals surface area contributed by atoms with Gasteiger partial charge in [-0.2, -0.15) is 0 Å². The Kier molecular flexibility index (Phi) is 5.50. The third-order valence-corrected chi connectivity index (χ3v) is 4.77. The summed E-state index contributed by atoms with van der Waals surface area (Å²) in [5.41, 5.74) is 4.22. The molecule has 0 aromatic heterocycles. The lowest BCUT2D eigenvalue weighted by Crippen LogP contribution is -2.12.